The topological polar surface area (TPSA) is 66.4 Å². The molecule has 0 aliphatic rings. The molecule has 0 radical (unpaired) electrons. The Morgan fingerprint density at radius 2 is 2.06 bits per heavy atom. The number of carboxylic acids is 1. The summed E-state index contributed by atoms with van der Waals surface area (Å²) in [4.78, 5) is 22.5. The standard InChI is InChI=1S/C12H11NO3S/c1-7(12(15)16)13-11(14)9-6-17-10-5-3-2-4-8(9)10/h2-7H,1H3,(H,13,14)(H,15,16)/t7-/m0/s1. The number of fused-ring (bicyclic) bond motifs is 1. The quantitative estimate of drug-likeness (QED) is 0.875. The Hall–Kier alpha value is -1.88. The average Bonchev–Trinajstić information content (AvgIpc) is 2.72. The summed E-state index contributed by atoms with van der Waals surface area (Å²) in [6.45, 7) is 1.44. The van der Waals surface area contributed by atoms with Crippen molar-refractivity contribution in [2.75, 3.05) is 0 Å². The number of hydrogen-bond donors (Lipinski definition) is 2. The van der Waals surface area contributed by atoms with Crippen LogP contribution in [0.3, 0.4) is 0 Å². The van der Waals surface area contributed by atoms with Crippen LogP contribution >= 0.6 is 11.3 Å². The van der Waals surface area contributed by atoms with Crippen molar-refractivity contribution in [3.8, 4) is 0 Å². The van der Waals surface area contributed by atoms with Crippen LogP contribution in [0.15, 0.2) is 29.6 Å². The summed E-state index contributed by atoms with van der Waals surface area (Å²) in [5.74, 6) is -1.39. The average molecular weight is 249 g/mol. The Balaban J connectivity index is 2.28. The minimum Gasteiger partial charge on any atom is -0.480 e. The molecule has 2 N–H and O–H groups in total. The van der Waals surface area contributed by atoms with Gasteiger partial charge in [-0.15, -0.1) is 11.3 Å². The van der Waals surface area contributed by atoms with Crippen LogP contribution in [0, 0.1) is 0 Å². The molecule has 88 valence electrons. The first-order valence-corrected chi connectivity index (χ1v) is 5.97. The third kappa shape index (κ3) is 2.29. The van der Waals surface area contributed by atoms with Crippen LogP contribution in [0.2, 0.25) is 0 Å². The molecule has 0 aliphatic heterocycles. The first kappa shape index (κ1) is 11.6. The highest BCUT2D eigenvalue weighted by Gasteiger charge is 2.17. The summed E-state index contributed by atoms with van der Waals surface area (Å²) < 4.78 is 1.01. The number of carbonyl (C=O) groups excluding carboxylic acids is 1. The van der Waals surface area contributed by atoms with Gasteiger partial charge >= 0.3 is 5.97 Å². The van der Waals surface area contributed by atoms with E-state index in [0.29, 0.717) is 5.56 Å². The zero-order valence-corrected chi connectivity index (χ0v) is 9.95. The van der Waals surface area contributed by atoms with Crippen LogP contribution in [-0.4, -0.2) is 23.0 Å². The summed E-state index contributed by atoms with van der Waals surface area (Å²) >= 11 is 1.47. The fourth-order valence-electron chi connectivity index (χ4n) is 1.49. The highest BCUT2D eigenvalue weighted by atomic mass is 32.1. The van der Waals surface area contributed by atoms with Gasteiger partial charge < -0.3 is 10.4 Å². The second-order valence-corrected chi connectivity index (χ2v) is 4.59. The molecule has 2 aromatic rings. The van der Waals surface area contributed by atoms with E-state index in [1.807, 2.05) is 24.3 Å². The highest BCUT2D eigenvalue weighted by molar-refractivity contribution is 7.17. The van der Waals surface area contributed by atoms with Crippen LogP contribution in [0.1, 0.15) is 17.3 Å². The van der Waals surface area contributed by atoms with Crippen molar-refractivity contribution in [3.05, 3.63) is 35.2 Å². The SMILES string of the molecule is C[C@H](NC(=O)c1csc2ccccc12)C(=O)O. The van der Waals surface area contributed by atoms with Crippen LogP contribution in [0.4, 0.5) is 0 Å². The zero-order chi connectivity index (χ0) is 12.4. The number of hydrogen-bond acceptors (Lipinski definition) is 3. The molecule has 2 rings (SSSR count). The van der Waals surface area contributed by atoms with Crippen molar-refractivity contribution in [2.45, 2.75) is 13.0 Å². The van der Waals surface area contributed by atoms with Gasteiger partial charge in [0.15, 0.2) is 0 Å². The molecule has 1 amide bonds. The van der Waals surface area contributed by atoms with Crippen molar-refractivity contribution >= 4 is 33.3 Å². The number of benzene rings is 1. The van der Waals surface area contributed by atoms with Gasteiger partial charge in [0.1, 0.15) is 6.04 Å². The van der Waals surface area contributed by atoms with Gasteiger partial charge in [-0.1, -0.05) is 18.2 Å². The van der Waals surface area contributed by atoms with E-state index in [0.717, 1.165) is 10.1 Å². The van der Waals surface area contributed by atoms with Gasteiger partial charge in [-0.3, -0.25) is 9.59 Å². The van der Waals surface area contributed by atoms with Crippen LogP contribution in [0.5, 0.6) is 0 Å². The highest BCUT2D eigenvalue weighted by Crippen LogP contribution is 2.25. The molecule has 1 atom stereocenters. The van der Waals surface area contributed by atoms with Crippen molar-refractivity contribution in [1.29, 1.82) is 0 Å². The number of thiophene rings is 1. The van der Waals surface area contributed by atoms with Crippen LogP contribution < -0.4 is 5.32 Å². The summed E-state index contributed by atoms with van der Waals surface area (Å²) in [7, 11) is 0. The van der Waals surface area contributed by atoms with Gasteiger partial charge in [-0.2, -0.15) is 0 Å². The largest absolute Gasteiger partial charge is 0.480 e. The number of nitrogens with one attached hydrogen (secondary N) is 1. The number of aliphatic carboxylic acids is 1. The summed E-state index contributed by atoms with van der Waals surface area (Å²) in [5, 5.41) is 13.8. The van der Waals surface area contributed by atoms with Crippen molar-refractivity contribution in [3.63, 3.8) is 0 Å². The van der Waals surface area contributed by atoms with E-state index in [1.54, 1.807) is 5.38 Å². The van der Waals surface area contributed by atoms with Gasteiger partial charge in [0.2, 0.25) is 0 Å². The number of amides is 1. The molecule has 0 unspecified atom stereocenters. The molecule has 0 aliphatic carbocycles. The lowest BCUT2D eigenvalue weighted by Crippen LogP contribution is -2.38. The van der Waals surface area contributed by atoms with Crippen LogP contribution in [0.25, 0.3) is 10.1 Å². The van der Waals surface area contributed by atoms with Gasteiger partial charge in [0, 0.05) is 15.5 Å². The number of rotatable bonds is 3. The normalized spacial score (nSPS) is 12.3. The van der Waals surface area contributed by atoms with E-state index in [9.17, 15) is 9.59 Å². The van der Waals surface area contributed by atoms with Crippen LogP contribution in [-0.2, 0) is 4.79 Å². The first-order valence-electron chi connectivity index (χ1n) is 5.09. The van der Waals surface area contributed by atoms with E-state index in [-0.39, 0.29) is 5.91 Å². The van der Waals surface area contributed by atoms with Crippen molar-refractivity contribution in [2.24, 2.45) is 0 Å². The second-order valence-electron chi connectivity index (χ2n) is 3.68. The smallest absolute Gasteiger partial charge is 0.325 e. The Morgan fingerprint density at radius 1 is 1.35 bits per heavy atom. The molecule has 0 saturated carbocycles. The lowest BCUT2D eigenvalue weighted by Gasteiger charge is -2.08. The Bertz CT molecular complexity index is 576. The molecule has 4 nitrogen and oxygen atoms in total. The van der Waals surface area contributed by atoms with Crippen molar-refractivity contribution < 1.29 is 14.7 Å². The minimum atomic E-state index is -1.04. The van der Waals surface area contributed by atoms with E-state index in [1.165, 1.54) is 18.3 Å². The summed E-state index contributed by atoms with van der Waals surface area (Å²) in [6.07, 6.45) is 0. The third-order valence-corrected chi connectivity index (χ3v) is 3.41. The molecule has 1 aromatic heterocycles. The molecular weight excluding hydrogens is 238 g/mol. The molecular formula is C12H11NO3S. The lowest BCUT2D eigenvalue weighted by molar-refractivity contribution is -0.138. The molecule has 5 heteroatoms. The fraction of sp³-hybridized carbons (Fsp3) is 0.167. The fourth-order valence-corrected chi connectivity index (χ4v) is 2.43. The maximum absolute atomic E-state index is 11.9. The first-order chi connectivity index (χ1) is 8.09. The predicted octanol–water partition coefficient (Wildman–Crippen LogP) is 2.10. The minimum absolute atomic E-state index is 0.350. The van der Waals surface area contributed by atoms with Crippen molar-refractivity contribution in [1.82, 2.24) is 5.32 Å². The Kier molecular flexibility index (Phi) is 3.10. The summed E-state index contributed by atoms with van der Waals surface area (Å²) in [5.41, 5.74) is 0.527. The van der Waals surface area contributed by atoms with Gasteiger partial charge in [0.25, 0.3) is 5.91 Å². The molecule has 0 bridgehead atoms. The molecule has 0 spiro atoms. The Labute approximate surface area is 102 Å². The predicted molar refractivity (Wildman–Crippen MR) is 66.4 cm³/mol. The lowest BCUT2D eigenvalue weighted by atomic mass is 10.1. The van der Waals surface area contributed by atoms with E-state index >= 15 is 0 Å². The monoisotopic (exact) mass is 249 g/mol. The summed E-state index contributed by atoms with van der Waals surface area (Å²) in [6, 6.07) is 6.65. The Morgan fingerprint density at radius 3 is 2.76 bits per heavy atom. The number of carboxylic acid groups (broad SMARTS) is 1. The molecule has 0 fully saturated rings. The van der Waals surface area contributed by atoms with E-state index in [2.05, 4.69) is 5.32 Å². The van der Waals surface area contributed by atoms with E-state index < -0.39 is 12.0 Å². The van der Waals surface area contributed by atoms with Gasteiger partial charge in [-0.05, 0) is 13.0 Å². The maximum Gasteiger partial charge on any atom is 0.325 e. The zero-order valence-electron chi connectivity index (χ0n) is 9.14. The molecule has 1 aromatic carbocycles. The molecule has 0 saturated heterocycles. The third-order valence-electron chi connectivity index (χ3n) is 2.44. The van der Waals surface area contributed by atoms with Gasteiger partial charge in [-0.25, -0.2) is 0 Å². The molecule has 1 heterocycles. The van der Waals surface area contributed by atoms with E-state index in [4.69, 9.17) is 5.11 Å². The van der Waals surface area contributed by atoms with Gasteiger partial charge in [0.05, 0.1) is 5.56 Å². The second kappa shape index (κ2) is 4.55. The molecule has 17 heavy (non-hydrogen) atoms. The maximum atomic E-state index is 11.9. The number of carbonyl (C=O) groups is 2.